The Hall–Kier alpha value is -1.87. The van der Waals surface area contributed by atoms with Crippen molar-refractivity contribution in [2.24, 2.45) is 0 Å². The molecule has 0 aromatic heterocycles. The van der Waals surface area contributed by atoms with Crippen molar-refractivity contribution in [3.8, 4) is 0 Å². The molecular weight excluding hydrogens is 250 g/mol. The van der Waals surface area contributed by atoms with Crippen molar-refractivity contribution in [1.29, 1.82) is 0 Å². The van der Waals surface area contributed by atoms with E-state index >= 15 is 0 Å². The van der Waals surface area contributed by atoms with Crippen LogP contribution in [0.2, 0.25) is 0 Å². The largest absolute Gasteiger partial charge is 0.369 e. The Morgan fingerprint density at radius 1 is 1.15 bits per heavy atom. The first-order valence-electron chi connectivity index (χ1n) is 7.03. The quantitative estimate of drug-likeness (QED) is 0.831. The van der Waals surface area contributed by atoms with Gasteiger partial charge in [0.25, 0.3) is 5.91 Å². The van der Waals surface area contributed by atoms with Crippen molar-refractivity contribution in [3.63, 3.8) is 0 Å². The zero-order valence-electron chi connectivity index (χ0n) is 12.3. The van der Waals surface area contributed by atoms with E-state index in [0.29, 0.717) is 6.54 Å². The summed E-state index contributed by atoms with van der Waals surface area (Å²) < 4.78 is 5.43. The molecule has 0 unspecified atom stereocenters. The van der Waals surface area contributed by atoms with E-state index in [1.165, 1.54) is 0 Å². The first kappa shape index (κ1) is 14.5. The number of fused-ring (bicyclic) bond motifs is 1. The smallest absolute Gasteiger partial charge is 0.252 e. The SMILES string of the molecule is CCN(C(=O)COC(C)C)c1cccc2ccccc12. The lowest BCUT2D eigenvalue weighted by Crippen LogP contribution is -2.34. The fraction of sp³-hybridized carbons (Fsp3) is 0.353. The van der Waals surface area contributed by atoms with Gasteiger partial charge in [0.1, 0.15) is 6.61 Å². The molecule has 2 rings (SSSR count). The lowest BCUT2D eigenvalue weighted by atomic mass is 10.1. The van der Waals surface area contributed by atoms with Gasteiger partial charge < -0.3 is 9.64 Å². The van der Waals surface area contributed by atoms with Gasteiger partial charge in [-0.2, -0.15) is 0 Å². The van der Waals surface area contributed by atoms with Crippen molar-refractivity contribution >= 4 is 22.4 Å². The Balaban J connectivity index is 2.32. The van der Waals surface area contributed by atoms with Crippen LogP contribution in [0.25, 0.3) is 10.8 Å². The third-order valence-corrected chi connectivity index (χ3v) is 3.21. The summed E-state index contributed by atoms with van der Waals surface area (Å²) in [6.45, 7) is 6.60. The molecule has 0 saturated heterocycles. The number of hydrogen-bond donors (Lipinski definition) is 0. The van der Waals surface area contributed by atoms with Crippen LogP contribution in [0.3, 0.4) is 0 Å². The molecule has 1 amide bonds. The molecule has 20 heavy (non-hydrogen) atoms. The third-order valence-electron chi connectivity index (χ3n) is 3.21. The number of nitrogens with zero attached hydrogens (tertiary/aromatic N) is 1. The summed E-state index contributed by atoms with van der Waals surface area (Å²) in [6.07, 6.45) is 0.0603. The Kier molecular flexibility index (Phi) is 4.74. The number of amides is 1. The molecule has 2 aromatic carbocycles. The van der Waals surface area contributed by atoms with Gasteiger partial charge in [-0.1, -0.05) is 36.4 Å². The fourth-order valence-corrected chi connectivity index (χ4v) is 2.24. The van der Waals surface area contributed by atoms with Gasteiger partial charge in [-0.15, -0.1) is 0 Å². The summed E-state index contributed by atoms with van der Waals surface area (Å²) in [5, 5.41) is 2.23. The van der Waals surface area contributed by atoms with Crippen LogP contribution in [0.5, 0.6) is 0 Å². The minimum Gasteiger partial charge on any atom is -0.369 e. The van der Waals surface area contributed by atoms with E-state index in [1.54, 1.807) is 4.90 Å². The number of benzene rings is 2. The van der Waals surface area contributed by atoms with Crippen molar-refractivity contribution in [2.45, 2.75) is 26.9 Å². The van der Waals surface area contributed by atoms with Crippen LogP contribution in [-0.2, 0) is 9.53 Å². The summed E-state index contributed by atoms with van der Waals surface area (Å²) in [4.78, 5) is 14.1. The third kappa shape index (κ3) is 3.17. The summed E-state index contributed by atoms with van der Waals surface area (Å²) >= 11 is 0. The first-order chi connectivity index (χ1) is 9.63. The maximum atomic E-state index is 12.3. The summed E-state index contributed by atoms with van der Waals surface area (Å²) in [5.74, 6) is -0.00227. The normalized spacial score (nSPS) is 11.0. The number of rotatable bonds is 5. The highest BCUT2D eigenvalue weighted by atomic mass is 16.5. The number of hydrogen-bond acceptors (Lipinski definition) is 2. The molecule has 0 spiro atoms. The second-order valence-corrected chi connectivity index (χ2v) is 5.00. The van der Waals surface area contributed by atoms with Crippen LogP contribution in [0.15, 0.2) is 42.5 Å². The standard InChI is InChI=1S/C17H21NO2/c1-4-18(17(19)12-20-13(2)3)16-11-7-9-14-8-5-6-10-15(14)16/h5-11,13H,4,12H2,1-3H3. The van der Waals surface area contributed by atoms with E-state index in [0.717, 1.165) is 16.5 Å². The predicted octanol–water partition coefficient (Wildman–Crippen LogP) is 3.62. The van der Waals surface area contributed by atoms with Gasteiger partial charge in [-0.3, -0.25) is 4.79 Å². The molecule has 0 aliphatic carbocycles. The van der Waals surface area contributed by atoms with Crippen LogP contribution < -0.4 is 4.90 Å². The minimum absolute atomic E-state index is 0.00227. The van der Waals surface area contributed by atoms with E-state index in [2.05, 4.69) is 12.1 Å². The van der Waals surface area contributed by atoms with Gasteiger partial charge in [-0.05, 0) is 32.2 Å². The molecule has 0 fully saturated rings. The summed E-state index contributed by atoms with van der Waals surface area (Å²) in [7, 11) is 0. The molecule has 0 bridgehead atoms. The summed E-state index contributed by atoms with van der Waals surface area (Å²) in [6, 6.07) is 14.1. The molecule has 3 nitrogen and oxygen atoms in total. The highest BCUT2D eigenvalue weighted by Gasteiger charge is 2.16. The Morgan fingerprint density at radius 2 is 1.85 bits per heavy atom. The van der Waals surface area contributed by atoms with Crippen molar-refractivity contribution < 1.29 is 9.53 Å². The second kappa shape index (κ2) is 6.53. The average molecular weight is 271 g/mol. The van der Waals surface area contributed by atoms with E-state index in [9.17, 15) is 4.79 Å². The molecule has 0 heterocycles. The summed E-state index contributed by atoms with van der Waals surface area (Å²) in [5.41, 5.74) is 0.947. The zero-order chi connectivity index (χ0) is 14.5. The van der Waals surface area contributed by atoms with Crippen molar-refractivity contribution in [1.82, 2.24) is 0 Å². The van der Waals surface area contributed by atoms with Gasteiger partial charge in [0.2, 0.25) is 0 Å². The second-order valence-electron chi connectivity index (χ2n) is 5.00. The number of carbonyl (C=O) groups excluding carboxylic acids is 1. The highest BCUT2D eigenvalue weighted by molar-refractivity contribution is 6.04. The molecular formula is C17H21NO2. The van der Waals surface area contributed by atoms with Crippen LogP contribution in [0.4, 0.5) is 5.69 Å². The van der Waals surface area contributed by atoms with E-state index in [-0.39, 0.29) is 18.6 Å². The van der Waals surface area contributed by atoms with Crippen LogP contribution in [0, 0.1) is 0 Å². The van der Waals surface area contributed by atoms with Crippen molar-refractivity contribution in [2.75, 3.05) is 18.1 Å². The zero-order valence-corrected chi connectivity index (χ0v) is 12.3. The van der Waals surface area contributed by atoms with Gasteiger partial charge in [0.15, 0.2) is 0 Å². The predicted molar refractivity (Wildman–Crippen MR) is 83.1 cm³/mol. The van der Waals surface area contributed by atoms with E-state index in [4.69, 9.17) is 4.74 Å². The molecule has 0 radical (unpaired) electrons. The molecule has 106 valence electrons. The topological polar surface area (TPSA) is 29.5 Å². The van der Waals surface area contributed by atoms with E-state index < -0.39 is 0 Å². The molecule has 0 N–H and O–H groups in total. The number of likely N-dealkylation sites (N-methyl/N-ethyl adjacent to an activating group) is 1. The number of anilines is 1. The number of carbonyl (C=O) groups is 1. The van der Waals surface area contributed by atoms with Gasteiger partial charge in [0, 0.05) is 11.9 Å². The maximum absolute atomic E-state index is 12.3. The average Bonchev–Trinajstić information content (AvgIpc) is 2.46. The lowest BCUT2D eigenvalue weighted by Gasteiger charge is -2.23. The maximum Gasteiger partial charge on any atom is 0.252 e. The monoisotopic (exact) mass is 271 g/mol. The van der Waals surface area contributed by atoms with Crippen LogP contribution >= 0.6 is 0 Å². The Labute approximate surface area is 120 Å². The lowest BCUT2D eigenvalue weighted by molar-refractivity contribution is -0.124. The van der Waals surface area contributed by atoms with Gasteiger partial charge in [0.05, 0.1) is 11.8 Å². The Morgan fingerprint density at radius 3 is 2.55 bits per heavy atom. The van der Waals surface area contributed by atoms with Gasteiger partial charge >= 0.3 is 0 Å². The van der Waals surface area contributed by atoms with E-state index in [1.807, 2.05) is 51.1 Å². The first-order valence-corrected chi connectivity index (χ1v) is 7.03. The molecule has 3 heteroatoms. The molecule has 0 aliphatic heterocycles. The molecule has 0 saturated carbocycles. The molecule has 2 aromatic rings. The van der Waals surface area contributed by atoms with Gasteiger partial charge in [-0.25, -0.2) is 0 Å². The molecule has 0 aliphatic rings. The number of ether oxygens (including phenoxy) is 1. The van der Waals surface area contributed by atoms with Crippen LogP contribution in [-0.4, -0.2) is 25.2 Å². The highest BCUT2D eigenvalue weighted by Crippen LogP contribution is 2.26. The minimum atomic E-state index is -0.00227. The van der Waals surface area contributed by atoms with Crippen LogP contribution in [0.1, 0.15) is 20.8 Å². The molecule has 0 atom stereocenters. The Bertz CT molecular complexity index is 587. The fourth-order valence-electron chi connectivity index (χ4n) is 2.24. The van der Waals surface area contributed by atoms with Crippen molar-refractivity contribution in [3.05, 3.63) is 42.5 Å².